The number of fused-ring (bicyclic) bond motifs is 2. The molecule has 0 saturated heterocycles. The molecule has 0 fully saturated rings. The van der Waals surface area contributed by atoms with Crippen molar-refractivity contribution in [1.29, 1.82) is 0 Å². The number of ether oxygens (including phenoxy) is 2. The van der Waals surface area contributed by atoms with Gasteiger partial charge in [0.05, 0.1) is 17.9 Å². The quantitative estimate of drug-likeness (QED) is 0.796. The Labute approximate surface area is 137 Å². The molecule has 1 aliphatic heterocycles. The Morgan fingerprint density at radius 2 is 2.00 bits per heavy atom. The van der Waals surface area contributed by atoms with Gasteiger partial charge < -0.3 is 25.0 Å². The standard InChI is InChI=1S/C17H15NO6/c1-23-7-6-9-2-5-13-14(15(9)19)16(20)18-11-8-10(17(21)22)3-4-12(11)24-13/h2-5,8,19H,6-7H2,1H3,(H,18,20)(H,21,22). The molecule has 0 atom stereocenters. The first kappa shape index (κ1) is 15.8. The summed E-state index contributed by atoms with van der Waals surface area (Å²) in [6.45, 7) is 0.400. The molecule has 1 amide bonds. The van der Waals surface area contributed by atoms with Crippen molar-refractivity contribution in [3.05, 3.63) is 47.0 Å². The second-order valence-electron chi connectivity index (χ2n) is 5.26. The smallest absolute Gasteiger partial charge is 0.335 e. The highest BCUT2D eigenvalue weighted by Gasteiger charge is 2.26. The predicted molar refractivity (Wildman–Crippen MR) is 85.1 cm³/mol. The summed E-state index contributed by atoms with van der Waals surface area (Å²) in [4.78, 5) is 23.5. The normalized spacial score (nSPS) is 12.5. The first-order chi connectivity index (χ1) is 11.5. The van der Waals surface area contributed by atoms with Crippen LogP contribution in [0.15, 0.2) is 30.3 Å². The Hall–Kier alpha value is -3.06. The lowest BCUT2D eigenvalue weighted by Gasteiger charge is -2.11. The number of phenols is 1. The number of benzene rings is 2. The summed E-state index contributed by atoms with van der Waals surface area (Å²) in [6, 6.07) is 7.41. The molecule has 0 radical (unpaired) electrons. The number of methoxy groups -OCH3 is 1. The lowest BCUT2D eigenvalue weighted by Crippen LogP contribution is -2.12. The summed E-state index contributed by atoms with van der Waals surface area (Å²) in [5, 5.41) is 22.0. The second kappa shape index (κ2) is 6.21. The number of hydrogen-bond donors (Lipinski definition) is 3. The Morgan fingerprint density at radius 3 is 2.71 bits per heavy atom. The van der Waals surface area contributed by atoms with Gasteiger partial charge in [-0.3, -0.25) is 4.79 Å². The van der Waals surface area contributed by atoms with Gasteiger partial charge in [0.2, 0.25) is 0 Å². The number of hydrogen-bond acceptors (Lipinski definition) is 5. The third kappa shape index (κ3) is 2.77. The topological polar surface area (TPSA) is 105 Å². The van der Waals surface area contributed by atoms with E-state index in [1.807, 2.05) is 0 Å². The Morgan fingerprint density at radius 1 is 1.25 bits per heavy atom. The van der Waals surface area contributed by atoms with Crippen LogP contribution in [0.5, 0.6) is 17.2 Å². The van der Waals surface area contributed by atoms with Gasteiger partial charge in [0, 0.05) is 7.11 Å². The first-order valence-electron chi connectivity index (χ1n) is 7.21. The molecule has 3 rings (SSSR count). The minimum Gasteiger partial charge on any atom is -0.507 e. The van der Waals surface area contributed by atoms with E-state index in [-0.39, 0.29) is 28.3 Å². The van der Waals surface area contributed by atoms with Gasteiger partial charge in [-0.25, -0.2) is 4.79 Å². The van der Waals surface area contributed by atoms with Crippen LogP contribution in [-0.2, 0) is 11.2 Å². The van der Waals surface area contributed by atoms with Crippen molar-refractivity contribution in [3.8, 4) is 17.2 Å². The van der Waals surface area contributed by atoms with Crippen LogP contribution in [0.4, 0.5) is 5.69 Å². The van der Waals surface area contributed by atoms with Crippen molar-refractivity contribution in [3.63, 3.8) is 0 Å². The molecule has 2 aromatic carbocycles. The molecule has 24 heavy (non-hydrogen) atoms. The van der Waals surface area contributed by atoms with E-state index in [1.165, 1.54) is 18.2 Å². The Balaban J connectivity index is 2.04. The van der Waals surface area contributed by atoms with Gasteiger partial charge in [-0.15, -0.1) is 0 Å². The molecule has 3 N–H and O–H groups in total. The fourth-order valence-electron chi connectivity index (χ4n) is 2.49. The maximum atomic E-state index is 12.5. The summed E-state index contributed by atoms with van der Waals surface area (Å²) in [5.74, 6) is -1.35. The van der Waals surface area contributed by atoms with E-state index in [1.54, 1.807) is 19.2 Å². The summed E-state index contributed by atoms with van der Waals surface area (Å²) in [6.07, 6.45) is 0.443. The van der Waals surface area contributed by atoms with E-state index in [0.29, 0.717) is 24.3 Å². The average Bonchev–Trinajstić information content (AvgIpc) is 2.69. The van der Waals surface area contributed by atoms with Crippen LogP contribution >= 0.6 is 0 Å². The second-order valence-corrected chi connectivity index (χ2v) is 5.26. The minimum atomic E-state index is -1.11. The number of nitrogens with one attached hydrogen (secondary N) is 1. The molecule has 0 bridgehead atoms. The van der Waals surface area contributed by atoms with E-state index in [9.17, 15) is 14.7 Å². The maximum Gasteiger partial charge on any atom is 0.335 e. The molecule has 2 aromatic rings. The number of amides is 1. The lowest BCUT2D eigenvalue weighted by molar-refractivity contribution is 0.0696. The molecule has 0 unspecified atom stereocenters. The van der Waals surface area contributed by atoms with Crippen LogP contribution in [0.25, 0.3) is 0 Å². The number of aromatic carboxylic acids is 1. The molecule has 124 valence electrons. The molecule has 1 aliphatic rings. The molecule has 7 nitrogen and oxygen atoms in total. The molecule has 7 heteroatoms. The van der Waals surface area contributed by atoms with Crippen molar-refractivity contribution < 1.29 is 29.3 Å². The first-order valence-corrected chi connectivity index (χ1v) is 7.21. The summed E-state index contributed by atoms with van der Waals surface area (Å²) >= 11 is 0. The van der Waals surface area contributed by atoms with Gasteiger partial charge >= 0.3 is 5.97 Å². The number of carbonyl (C=O) groups excluding carboxylic acids is 1. The van der Waals surface area contributed by atoms with Gasteiger partial charge in [0.15, 0.2) is 5.75 Å². The number of anilines is 1. The van der Waals surface area contributed by atoms with E-state index in [0.717, 1.165) is 0 Å². The van der Waals surface area contributed by atoms with E-state index in [4.69, 9.17) is 14.6 Å². The van der Waals surface area contributed by atoms with Gasteiger partial charge in [-0.05, 0) is 36.2 Å². The maximum absolute atomic E-state index is 12.5. The molecular formula is C17H15NO6. The van der Waals surface area contributed by atoms with Crippen molar-refractivity contribution in [2.45, 2.75) is 6.42 Å². The van der Waals surface area contributed by atoms with Crippen LogP contribution < -0.4 is 10.1 Å². The predicted octanol–water partition coefficient (Wildman–Crippen LogP) is 2.64. The highest BCUT2D eigenvalue weighted by atomic mass is 16.5. The van der Waals surface area contributed by atoms with Crippen LogP contribution in [0.2, 0.25) is 0 Å². The van der Waals surface area contributed by atoms with Crippen LogP contribution in [0.3, 0.4) is 0 Å². The number of carboxylic acid groups (broad SMARTS) is 1. The number of aromatic hydroxyl groups is 1. The minimum absolute atomic E-state index is 0.0108. The van der Waals surface area contributed by atoms with E-state index < -0.39 is 11.9 Å². The van der Waals surface area contributed by atoms with Gasteiger partial charge in [0.25, 0.3) is 5.91 Å². The summed E-state index contributed by atoms with van der Waals surface area (Å²) < 4.78 is 10.7. The molecule has 1 heterocycles. The number of rotatable bonds is 4. The third-order valence-electron chi connectivity index (χ3n) is 3.72. The van der Waals surface area contributed by atoms with Crippen LogP contribution in [0, 0.1) is 0 Å². The average molecular weight is 329 g/mol. The van der Waals surface area contributed by atoms with Crippen molar-refractivity contribution >= 4 is 17.6 Å². The zero-order valence-electron chi connectivity index (χ0n) is 12.8. The largest absolute Gasteiger partial charge is 0.507 e. The lowest BCUT2D eigenvalue weighted by atomic mass is 10.0. The zero-order valence-corrected chi connectivity index (χ0v) is 12.8. The fraction of sp³-hybridized carbons (Fsp3) is 0.176. The van der Waals surface area contributed by atoms with Gasteiger partial charge in [0.1, 0.15) is 17.1 Å². The fourth-order valence-corrected chi connectivity index (χ4v) is 2.49. The van der Waals surface area contributed by atoms with E-state index in [2.05, 4.69) is 5.32 Å². The van der Waals surface area contributed by atoms with Crippen molar-refractivity contribution in [2.24, 2.45) is 0 Å². The van der Waals surface area contributed by atoms with Crippen LogP contribution in [0.1, 0.15) is 26.3 Å². The van der Waals surface area contributed by atoms with Gasteiger partial charge in [-0.2, -0.15) is 0 Å². The SMILES string of the molecule is COCCc1ccc2c(c1O)C(=O)Nc1cc(C(=O)O)ccc1O2. The number of carbonyl (C=O) groups is 2. The number of carboxylic acids is 1. The molecular weight excluding hydrogens is 314 g/mol. The molecule has 0 aromatic heterocycles. The van der Waals surface area contributed by atoms with Crippen molar-refractivity contribution in [1.82, 2.24) is 0 Å². The summed E-state index contributed by atoms with van der Waals surface area (Å²) in [7, 11) is 1.55. The molecule has 0 saturated carbocycles. The monoisotopic (exact) mass is 329 g/mol. The van der Waals surface area contributed by atoms with Gasteiger partial charge in [-0.1, -0.05) is 6.07 Å². The van der Waals surface area contributed by atoms with Crippen molar-refractivity contribution in [2.75, 3.05) is 19.0 Å². The van der Waals surface area contributed by atoms with E-state index >= 15 is 0 Å². The third-order valence-corrected chi connectivity index (χ3v) is 3.72. The summed E-state index contributed by atoms with van der Waals surface area (Å²) in [5.41, 5.74) is 0.825. The Kier molecular flexibility index (Phi) is 4.09. The Bertz CT molecular complexity index is 830. The zero-order chi connectivity index (χ0) is 17.3. The molecule has 0 aliphatic carbocycles. The molecule has 0 spiro atoms. The number of phenolic OH excluding ortho intramolecular Hbond substituents is 1. The van der Waals surface area contributed by atoms with Crippen LogP contribution in [-0.4, -0.2) is 35.8 Å². The highest BCUT2D eigenvalue weighted by Crippen LogP contribution is 2.40. The highest BCUT2D eigenvalue weighted by molar-refractivity contribution is 6.10.